The number of halogens is 1. The molecule has 2 aromatic carbocycles. The Morgan fingerprint density at radius 3 is 2.45 bits per heavy atom. The molecule has 1 aliphatic heterocycles. The van der Waals surface area contributed by atoms with Crippen molar-refractivity contribution in [2.24, 2.45) is 0 Å². The highest BCUT2D eigenvalue weighted by molar-refractivity contribution is 7.89. The summed E-state index contributed by atoms with van der Waals surface area (Å²) in [6, 6.07) is 6.80. The van der Waals surface area contributed by atoms with Gasteiger partial charge in [0.1, 0.15) is 11.9 Å². The molecule has 9 nitrogen and oxygen atoms in total. The summed E-state index contributed by atoms with van der Waals surface area (Å²) in [4.78, 5) is 13.3. The predicted molar refractivity (Wildman–Crippen MR) is 120 cm³/mol. The van der Waals surface area contributed by atoms with Crippen LogP contribution >= 0.6 is 0 Å². The van der Waals surface area contributed by atoms with Gasteiger partial charge in [-0.25, -0.2) is 12.8 Å². The number of nitrogens with zero attached hydrogens (tertiary/aromatic N) is 5. The van der Waals surface area contributed by atoms with Gasteiger partial charge in [0, 0.05) is 6.54 Å². The van der Waals surface area contributed by atoms with Crippen LogP contribution in [0, 0.1) is 33.5 Å². The zero-order valence-corrected chi connectivity index (χ0v) is 19.6. The van der Waals surface area contributed by atoms with Gasteiger partial charge >= 0.3 is 0 Å². The standard InChI is InChI=1S/C22H25FN6O3S/c1-13-10-14(2)21(15(3)11-13)33(31,32)28-9-5-6-20(28)22(30)24-19-12-17(7-8-18(19)23)29-16(4)25-26-27-29/h7-8,10-12,20H,5-6,9H2,1-4H3,(H,24,30). The Bertz CT molecular complexity index is 1310. The molecule has 1 saturated heterocycles. The number of carbonyl (C=O) groups is 1. The zero-order chi connectivity index (χ0) is 23.9. The molecule has 0 spiro atoms. The summed E-state index contributed by atoms with van der Waals surface area (Å²) in [5.74, 6) is -0.728. The quantitative estimate of drug-likeness (QED) is 0.612. The minimum Gasteiger partial charge on any atom is -0.322 e. The molecule has 1 amide bonds. The van der Waals surface area contributed by atoms with E-state index >= 15 is 0 Å². The Labute approximate surface area is 191 Å². The van der Waals surface area contributed by atoms with Gasteiger partial charge in [0.05, 0.1) is 16.3 Å². The molecule has 1 unspecified atom stereocenters. The summed E-state index contributed by atoms with van der Waals surface area (Å²) < 4.78 is 44.2. The van der Waals surface area contributed by atoms with E-state index in [0.29, 0.717) is 35.5 Å². The average Bonchev–Trinajstić information content (AvgIpc) is 3.38. The Hall–Kier alpha value is -3.18. The van der Waals surface area contributed by atoms with Gasteiger partial charge in [0.2, 0.25) is 15.9 Å². The van der Waals surface area contributed by atoms with Gasteiger partial charge in [0.25, 0.3) is 0 Å². The maximum absolute atomic E-state index is 14.5. The van der Waals surface area contributed by atoms with E-state index in [-0.39, 0.29) is 17.1 Å². The van der Waals surface area contributed by atoms with Crippen molar-refractivity contribution < 1.29 is 17.6 Å². The van der Waals surface area contributed by atoms with Crippen molar-refractivity contribution >= 4 is 21.6 Å². The average molecular weight is 473 g/mol. The lowest BCUT2D eigenvalue weighted by atomic mass is 10.1. The number of hydrogen-bond acceptors (Lipinski definition) is 6. The van der Waals surface area contributed by atoms with E-state index < -0.39 is 27.8 Å². The molecular weight excluding hydrogens is 447 g/mol. The van der Waals surface area contributed by atoms with Crippen LogP contribution in [0.25, 0.3) is 5.69 Å². The summed E-state index contributed by atoms with van der Waals surface area (Å²) >= 11 is 0. The molecule has 4 rings (SSSR count). The number of rotatable bonds is 5. The van der Waals surface area contributed by atoms with Crippen molar-refractivity contribution in [3.63, 3.8) is 0 Å². The Kier molecular flexibility index (Phi) is 6.02. The fourth-order valence-electron chi connectivity index (χ4n) is 4.41. The number of sulfonamides is 1. The number of tetrazole rings is 1. The van der Waals surface area contributed by atoms with E-state index in [4.69, 9.17) is 0 Å². The van der Waals surface area contributed by atoms with Crippen molar-refractivity contribution in [3.8, 4) is 5.69 Å². The highest BCUT2D eigenvalue weighted by Gasteiger charge is 2.40. The first-order chi connectivity index (χ1) is 15.6. The Morgan fingerprint density at radius 2 is 1.82 bits per heavy atom. The lowest BCUT2D eigenvalue weighted by Crippen LogP contribution is -2.43. The molecule has 1 aliphatic rings. The predicted octanol–water partition coefficient (Wildman–Crippen LogP) is 2.83. The second kappa shape index (κ2) is 8.64. The van der Waals surface area contributed by atoms with Gasteiger partial charge in [0.15, 0.2) is 5.82 Å². The number of benzene rings is 2. The van der Waals surface area contributed by atoms with Gasteiger partial charge in [-0.05, 0) is 80.3 Å². The fraction of sp³-hybridized carbons (Fsp3) is 0.364. The molecule has 0 radical (unpaired) electrons. The van der Waals surface area contributed by atoms with E-state index in [2.05, 4.69) is 20.8 Å². The number of nitrogens with one attached hydrogen (secondary N) is 1. The fourth-order valence-corrected chi connectivity index (χ4v) is 6.48. The normalized spacial score (nSPS) is 16.8. The summed E-state index contributed by atoms with van der Waals surface area (Å²) in [5, 5.41) is 13.8. The number of carbonyl (C=O) groups excluding carboxylic acids is 1. The van der Waals surface area contributed by atoms with Crippen LogP contribution in [-0.4, -0.2) is 51.4 Å². The minimum absolute atomic E-state index is 0.0701. The van der Waals surface area contributed by atoms with Crippen LogP contribution in [0.2, 0.25) is 0 Å². The van der Waals surface area contributed by atoms with Crippen molar-refractivity contribution in [2.75, 3.05) is 11.9 Å². The van der Waals surface area contributed by atoms with Gasteiger partial charge in [-0.1, -0.05) is 17.7 Å². The second-order valence-corrected chi connectivity index (χ2v) is 10.1. The van der Waals surface area contributed by atoms with Gasteiger partial charge in [-0.3, -0.25) is 4.79 Å². The van der Waals surface area contributed by atoms with Crippen LogP contribution in [0.15, 0.2) is 35.2 Å². The molecule has 11 heteroatoms. The topological polar surface area (TPSA) is 110 Å². The van der Waals surface area contributed by atoms with Gasteiger partial charge in [-0.15, -0.1) is 5.10 Å². The monoisotopic (exact) mass is 472 g/mol. The molecule has 0 saturated carbocycles. The number of hydrogen-bond donors (Lipinski definition) is 1. The Morgan fingerprint density at radius 1 is 1.12 bits per heavy atom. The molecule has 1 N–H and O–H groups in total. The number of amides is 1. The molecule has 0 aliphatic carbocycles. The highest BCUT2D eigenvalue weighted by Crippen LogP contribution is 2.31. The van der Waals surface area contributed by atoms with Gasteiger partial charge < -0.3 is 5.32 Å². The number of anilines is 1. The third kappa shape index (κ3) is 4.25. The van der Waals surface area contributed by atoms with Crippen LogP contribution in [0.3, 0.4) is 0 Å². The highest BCUT2D eigenvalue weighted by atomic mass is 32.2. The van der Waals surface area contributed by atoms with Crippen molar-refractivity contribution in [3.05, 3.63) is 58.7 Å². The van der Waals surface area contributed by atoms with E-state index in [1.54, 1.807) is 20.8 Å². The molecule has 1 fully saturated rings. The van der Waals surface area contributed by atoms with E-state index in [9.17, 15) is 17.6 Å². The van der Waals surface area contributed by atoms with Crippen LogP contribution in [-0.2, 0) is 14.8 Å². The summed E-state index contributed by atoms with van der Waals surface area (Å²) in [6.07, 6.45) is 0.885. The summed E-state index contributed by atoms with van der Waals surface area (Å²) in [5.41, 5.74) is 2.63. The Balaban J connectivity index is 1.63. The molecule has 1 aromatic heterocycles. The summed E-state index contributed by atoms with van der Waals surface area (Å²) in [7, 11) is -3.91. The number of aryl methyl sites for hydroxylation is 4. The maximum Gasteiger partial charge on any atom is 0.244 e. The third-order valence-electron chi connectivity index (χ3n) is 5.76. The molecule has 2 heterocycles. The van der Waals surface area contributed by atoms with E-state index in [1.807, 2.05) is 19.1 Å². The maximum atomic E-state index is 14.5. The first-order valence-electron chi connectivity index (χ1n) is 10.5. The lowest BCUT2D eigenvalue weighted by molar-refractivity contribution is -0.119. The number of aromatic nitrogens is 4. The van der Waals surface area contributed by atoms with Crippen molar-refractivity contribution in [2.45, 2.75) is 51.5 Å². The molecule has 0 bridgehead atoms. The molecular formula is C22H25FN6O3S. The lowest BCUT2D eigenvalue weighted by Gasteiger charge is -2.25. The van der Waals surface area contributed by atoms with Crippen molar-refractivity contribution in [1.29, 1.82) is 0 Å². The minimum atomic E-state index is -3.91. The van der Waals surface area contributed by atoms with E-state index in [1.165, 1.54) is 27.2 Å². The first-order valence-corrected chi connectivity index (χ1v) is 12.0. The molecule has 1 atom stereocenters. The smallest absolute Gasteiger partial charge is 0.244 e. The third-order valence-corrected chi connectivity index (χ3v) is 7.97. The van der Waals surface area contributed by atoms with Crippen LogP contribution < -0.4 is 5.32 Å². The van der Waals surface area contributed by atoms with Crippen LogP contribution in [0.5, 0.6) is 0 Å². The van der Waals surface area contributed by atoms with E-state index in [0.717, 1.165) is 5.56 Å². The first kappa shape index (κ1) is 23.0. The summed E-state index contributed by atoms with van der Waals surface area (Å²) in [6.45, 7) is 7.32. The van der Waals surface area contributed by atoms with Crippen LogP contribution in [0.1, 0.15) is 35.4 Å². The SMILES string of the molecule is Cc1cc(C)c(S(=O)(=O)N2CCCC2C(=O)Nc2cc(-n3nnnc3C)ccc2F)c(C)c1. The molecule has 33 heavy (non-hydrogen) atoms. The second-order valence-electron chi connectivity index (χ2n) is 8.29. The molecule has 174 valence electrons. The molecule has 3 aromatic rings. The van der Waals surface area contributed by atoms with Crippen molar-refractivity contribution in [1.82, 2.24) is 24.5 Å². The zero-order valence-electron chi connectivity index (χ0n) is 18.8. The largest absolute Gasteiger partial charge is 0.322 e. The van der Waals surface area contributed by atoms with Crippen LogP contribution in [0.4, 0.5) is 10.1 Å². The van der Waals surface area contributed by atoms with Gasteiger partial charge in [-0.2, -0.15) is 8.99 Å².